The van der Waals surface area contributed by atoms with E-state index in [4.69, 9.17) is 10.5 Å². The van der Waals surface area contributed by atoms with Gasteiger partial charge in [0.25, 0.3) is 5.91 Å². The lowest BCUT2D eigenvalue weighted by atomic mass is 9.57. The van der Waals surface area contributed by atoms with Gasteiger partial charge >= 0.3 is 0 Å². The van der Waals surface area contributed by atoms with Gasteiger partial charge in [-0.2, -0.15) is 0 Å². The molecule has 40 heavy (non-hydrogen) atoms. The van der Waals surface area contributed by atoms with E-state index < -0.39 is 69.7 Å². The SMILES string of the molecule is COc1cc(NC(=O)CNC(C)C)c(O)c2c1C[C@H]1C[C@H]3[C@H](N(C)C)C(=O)C(C(N)=O)=C(O)[C@@]3(O)C(=O)C1=C2O. The molecule has 0 radical (unpaired) electrons. The Kier molecular flexibility index (Phi) is 7.43. The van der Waals surface area contributed by atoms with E-state index in [1.54, 1.807) is 0 Å². The van der Waals surface area contributed by atoms with Crippen molar-refractivity contribution in [1.82, 2.24) is 10.2 Å². The number of rotatable bonds is 7. The lowest BCUT2D eigenvalue weighted by Crippen LogP contribution is -2.65. The molecule has 1 aromatic rings. The van der Waals surface area contributed by atoms with Gasteiger partial charge in [0.2, 0.25) is 11.7 Å². The number of anilines is 1. The van der Waals surface area contributed by atoms with E-state index in [0.717, 1.165) is 0 Å². The van der Waals surface area contributed by atoms with Crippen LogP contribution in [-0.2, 0) is 25.6 Å². The first-order valence-corrected chi connectivity index (χ1v) is 12.8. The Balaban J connectivity index is 1.88. The molecule has 3 aliphatic rings. The fourth-order valence-corrected chi connectivity index (χ4v) is 6.05. The highest BCUT2D eigenvalue weighted by atomic mass is 16.5. The van der Waals surface area contributed by atoms with Crippen LogP contribution in [0, 0.1) is 11.8 Å². The summed E-state index contributed by atoms with van der Waals surface area (Å²) in [6.07, 6.45) is 0.0173. The van der Waals surface area contributed by atoms with Crippen LogP contribution in [0.4, 0.5) is 5.69 Å². The number of nitrogens with zero attached hydrogens (tertiary/aromatic N) is 1. The van der Waals surface area contributed by atoms with Crippen LogP contribution in [-0.4, -0.2) is 94.1 Å². The van der Waals surface area contributed by atoms with E-state index >= 15 is 0 Å². The number of Topliss-reactive ketones (excluding diaryl/α,β-unsaturated/α-hetero) is 2. The molecule has 0 saturated heterocycles. The van der Waals surface area contributed by atoms with Crippen molar-refractivity contribution >= 4 is 34.8 Å². The number of phenolic OH excluding ortho intramolecular Hbond substituents is 1. The number of phenols is 1. The maximum atomic E-state index is 13.9. The van der Waals surface area contributed by atoms with Gasteiger partial charge in [-0.3, -0.25) is 24.1 Å². The summed E-state index contributed by atoms with van der Waals surface area (Å²) in [4.78, 5) is 53.1. The summed E-state index contributed by atoms with van der Waals surface area (Å²) in [7, 11) is 4.43. The molecule has 1 aromatic carbocycles. The fourth-order valence-electron chi connectivity index (χ4n) is 6.05. The molecule has 8 N–H and O–H groups in total. The number of ether oxygens (including phenoxy) is 1. The quantitative estimate of drug-likeness (QED) is 0.174. The average Bonchev–Trinajstić information content (AvgIpc) is 2.86. The number of aliphatic hydroxyl groups excluding tert-OH is 2. The monoisotopic (exact) mass is 558 g/mol. The van der Waals surface area contributed by atoms with Gasteiger partial charge in [0, 0.05) is 29.2 Å². The largest absolute Gasteiger partial charge is 0.508 e. The number of likely N-dealkylation sites (N-methyl/N-ethyl adjacent to an activating group) is 1. The number of methoxy groups -OCH3 is 1. The molecule has 4 atom stereocenters. The van der Waals surface area contributed by atoms with Gasteiger partial charge in [0.1, 0.15) is 22.8 Å². The second-order valence-electron chi connectivity index (χ2n) is 10.9. The molecular weight excluding hydrogens is 524 g/mol. The molecule has 1 fully saturated rings. The summed E-state index contributed by atoms with van der Waals surface area (Å²) in [6.45, 7) is 3.66. The third kappa shape index (κ3) is 4.30. The molecule has 0 unspecified atom stereocenters. The summed E-state index contributed by atoms with van der Waals surface area (Å²) in [6, 6.07) is 0.254. The molecular formula is C27H34N4O9. The predicted octanol–water partition coefficient (Wildman–Crippen LogP) is -0.0909. The molecule has 1 saturated carbocycles. The Bertz CT molecular complexity index is 1380. The summed E-state index contributed by atoms with van der Waals surface area (Å²) >= 11 is 0. The lowest BCUT2D eigenvalue weighted by molar-refractivity contribution is -0.153. The number of carbonyl (C=O) groups is 4. The Hall–Kier alpha value is -3.94. The summed E-state index contributed by atoms with van der Waals surface area (Å²) in [5.41, 5.74) is 1.52. The third-order valence-corrected chi connectivity index (χ3v) is 7.84. The average molecular weight is 559 g/mol. The smallest absolute Gasteiger partial charge is 0.255 e. The second kappa shape index (κ2) is 10.2. The van der Waals surface area contributed by atoms with Crippen LogP contribution in [0.15, 0.2) is 23.0 Å². The molecule has 13 nitrogen and oxygen atoms in total. The number of hydrogen-bond acceptors (Lipinski definition) is 11. The van der Waals surface area contributed by atoms with Crippen molar-refractivity contribution in [3.8, 4) is 11.5 Å². The van der Waals surface area contributed by atoms with E-state index in [2.05, 4.69) is 10.6 Å². The number of benzene rings is 1. The Labute approximate surface area is 230 Å². The number of nitrogens with two attached hydrogens (primary N) is 1. The van der Waals surface area contributed by atoms with E-state index in [0.29, 0.717) is 5.56 Å². The summed E-state index contributed by atoms with van der Waals surface area (Å²) in [5, 5.41) is 50.6. The van der Waals surface area contributed by atoms with Gasteiger partial charge in [-0.05, 0) is 32.9 Å². The first-order valence-electron chi connectivity index (χ1n) is 12.8. The zero-order valence-electron chi connectivity index (χ0n) is 22.9. The first kappa shape index (κ1) is 29.1. The van der Waals surface area contributed by atoms with E-state index in [9.17, 15) is 39.6 Å². The molecule has 216 valence electrons. The van der Waals surface area contributed by atoms with Crippen molar-refractivity contribution in [2.75, 3.05) is 33.1 Å². The number of carbonyl (C=O) groups excluding carboxylic acids is 4. The van der Waals surface area contributed by atoms with Crippen LogP contribution in [0.5, 0.6) is 11.5 Å². The minimum atomic E-state index is -2.74. The molecule has 13 heteroatoms. The van der Waals surface area contributed by atoms with Crippen molar-refractivity contribution in [1.29, 1.82) is 0 Å². The normalized spacial score (nSPS) is 26.1. The lowest BCUT2D eigenvalue weighted by Gasteiger charge is -2.50. The zero-order valence-corrected chi connectivity index (χ0v) is 22.9. The van der Waals surface area contributed by atoms with Crippen molar-refractivity contribution in [2.45, 2.75) is 44.4 Å². The van der Waals surface area contributed by atoms with Crippen molar-refractivity contribution in [3.05, 3.63) is 34.1 Å². The van der Waals surface area contributed by atoms with Gasteiger partial charge < -0.3 is 41.5 Å². The number of aromatic hydroxyl groups is 1. The number of hydrogen-bond donors (Lipinski definition) is 7. The minimum Gasteiger partial charge on any atom is -0.508 e. The Morgan fingerprint density at radius 3 is 2.42 bits per heavy atom. The number of ketones is 2. The van der Waals surface area contributed by atoms with Crippen molar-refractivity contribution in [3.63, 3.8) is 0 Å². The molecule has 3 aliphatic carbocycles. The molecule has 0 heterocycles. The molecule has 2 amide bonds. The highest BCUT2D eigenvalue weighted by Gasteiger charge is 2.64. The minimum absolute atomic E-state index is 0.0257. The number of nitrogens with one attached hydrogen (secondary N) is 2. The molecule has 4 rings (SSSR count). The number of fused-ring (bicyclic) bond motifs is 3. The number of aliphatic hydroxyl groups is 3. The van der Waals surface area contributed by atoms with Crippen molar-refractivity contribution in [2.24, 2.45) is 17.6 Å². The summed E-state index contributed by atoms with van der Waals surface area (Å²) in [5.74, 6) is -7.80. The number of primary amides is 1. The van der Waals surface area contributed by atoms with Gasteiger partial charge in [-0.15, -0.1) is 0 Å². The van der Waals surface area contributed by atoms with E-state index in [-0.39, 0.29) is 48.0 Å². The van der Waals surface area contributed by atoms with Gasteiger partial charge in [0.05, 0.1) is 30.9 Å². The molecule has 0 bridgehead atoms. The standard InChI is InChI=1S/C27H34N4O9/c1-10(2)29-9-16(32)30-14-8-15(40-5)12-6-11-7-13-20(31(3)4)23(35)19(26(28)38)25(37)27(13,39)24(36)17(11)22(34)18(12)21(14)33/h8,10-11,13,20,29,33-34,37,39H,6-7,9H2,1-5H3,(H2,28,38)(H,30,32)/t11-,13-,20-,27-/m0/s1. The zero-order chi connectivity index (χ0) is 29.8. The van der Waals surface area contributed by atoms with Crippen LogP contribution >= 0.6 is 0 Å². The maximum absolute atomic E-state index is 13.9. The molecule has 0 aromatic heterocycles. The van der Waals surface area contributed by atoms with Crippen LogP contribution in [0.2, 0.25) is 0 Å². The van der Waals surface area contributed by atoms with E-state index in [1.807, 2.05) is 13.8 Å². The topological polar surface area (TPSA) is 212 Å². The highest BCUT2D eigenvalue weighted by Crippen LogP contribution is 2.54. The van der Waals surface area contributed by atoms with Crippen LogP contribution < -0.4 is 21.1 Å². The van der Waals surface area contributed by atoms with Crippen molar-refractivity contribution < 1.29 is 44.3 Å². The maximum Gasteiger partial charge on any atom is 0.255 e. The number of amides is 2. The van der Waals surface area contributed by atoms with E-state index in [1.165, 1.54) is 32.2 Å². The second-order valence-corrected chi connectivity index (χ2v) is 10.9. The fraction of sp³-hybridized carbons (Fsp3) is 0.481. The Morgan fingerprint density at radius 1 is 1.23 bits per heavy atom. The highest BCUT2D eigenvalue weighted by molar-refractivity contribution is 6.24. The first-order chi connectivity index (χ1) is 18.7. The van der Waals surface area contributed by atoms with Gasteiger partial charge in [0.15, 0.2) is 17.1 Å². The van der Waals surface area contributed by atoms with Crippen LogP contribution in [0.1, 0.15) is 31.4 Å². The summed E-state index contributed by atoms with van der Waals surface area (Å²) < 4.78 is 5.50. The molecule has 0 spiro atoms. The van der Waals surface area contributed by atoms with Gasteiger partial charge in [-0.25, -0.2) is 0 Å². The third-order valence-electron chi connectivity index (χ3n) is 7.84. The molecule has 0 aliphatic heterocycles. The predicted molar refractivity (Wildman–Crippen MR) is 143 cm³/mol. The Morgan fingerprint density at radius 2 is 1.88 bits per heavy atom. The van der Waals surface area contributed by atoms with Crippen LogP contribution in [0.3, 0.4) is 0 Å². The van der Waals surface area contributed by atoms with Gasteiger partial charge in [-0.1, -0.05) is 13.8 Å². The van der Waals surface area contributed by atoms with Crippen LogP contribution in [0.25, 0.3) is 5.76 Å².